The summed E-state index contributed by atoms with van der Waals surface area (Å²) in [5, 5.41) is 13.4. The van der Waals surface area contributed by atoms with Crippen molar-refractivity contribution in [3.8, 4) is 11.8 Å². The fourth-order valence-electron chi connectivity index (χ4n) is 1.40. The molecule has 0 saturated carbocycles. The van der Waals surface area contributed by atoms with Crippen LogP contribution in [0.25, 0.3) is 0 Å². The first-order valence-electron chi connectivity index (χ1n) is 6.23. The third-order valence-corrected chi connectivity index (χ3v) is 3.91. The van der Waals surface area contributed by atoms with E-state index in [1.54, 1.807) is 6.07 Å². The maximum atomic E-state index is 11.8. The summed E-state index contributed by atoms with van der Waals surface area (Å²) in [7, 11) is 0. The third kappa shape index (κ3) is 6.67. The molecule has 1 rings (SSSR count). The number of carbonyl (C=O) groups excluding carboxylic acids is 1. The van der Waals surface area contributed by atoms with Gasteiger partial charge in [-0.15, -0.1) is 11.3 Å². The molecule has 1 aromatic heterocycles. The number of unbranched alkanes of at least 4 members (excludes halogenated alkanes) is 1. The lowest BCUT2D eigenvalue weighted by Crippen LogP contribution is -2.23. The molecule has 104 valence electrons. The van der Waals surface area contributed by atoms with Crippen molar-refractivity contribution in [3.05, 3.63) is 21.9 Å². The van der Waals surface area contributed by atoms with E-state index in [1.807, 2.05) is 17.1 Å². The summed E-state index contributed by atoms with van der Waals surface area (Å²) in [6.07, 6.45) is 4.70. The van der Waals surface area contributed by atoms with Crippen LogP contribution in [0.15, 0.2) is 11.4 Å². The van der Waals surface area contributed by atoms with E-state index in [0.29, 0.717) is 12.0 Å². The van der Waals surface area contributed by atoms with Crippen molar-refractivity contribution in [1.82, 2.24) is 5.32 Å². The lowest BCUT2D eigenvalue weighted by molar-refractivity contribution is 0.0953. The molecule has 0 unspecified atom stereocenters. The van der Waals surface area contributed by atoms with Gasteiger partial charge >= 0.3 is 0 Å². The number of rotatable bonds is 7. The number of carbonyl (C=O) groups is 1. The lowest BCUT2D eigenvalue weighted by atomic mass is 10.2. The number of hydrogen-bond acceptors (Lipinski definition) is 4. The first-order chi connectivity index (χ1) is 9.27. The molecule has 0 saturated heterocycles. The minimum Gasteiger partial charge on any atom is -0.395 e. The molecule has 2 N–H and O–H groups in total. The molecule has 0 aliphatic heterocycles. The highest BCUT2D eigenvalue weighted by Crippen LogP contribution is 2.13. The van der Waals surface area contributed by atoms with Gasteiger partial charge in [-0.3, -0.25) is 4.79 Å². The number of amides is 1. The van der Waals surface area contributed by atoms with E-state index in [4.69, 9.17) is 5.11 Å². The molecular weight excluding hydrogens is 278 g/mol. The van der Waals surface area contributed by atoms with Crippen LogP contribution < -0.4 is 5.32 Å². The summed E-state index contributed by atoms with van der Waals surface area (Å²) < 4.78 is 0. The van der Waals surface area contributed by atoms with E-state index in [2.05, 4.69) is 23.4 Å². The number of aliphatic hydroxyl groups excluding tert-OH is 1. The Morgan fingerprint density at radius 3 is 3.11 bits per heavy atom. The van der Waals surface area contributed by atoms with Crippen molar-refractivity contribution in [3.63, 3.8) is 0 Å². The monoisotopic (exact) mass is 297 g/mol. The van der Waals surface area contributed by atoms with Crippen molar-refractivity contribution < 1.29 is 9.90 Å². The maximum absolute atomic E-state index is 11.8. The van der Waals surface area contributed by atoms with Crippen molar-refractivity contribution in [2.24, 2.45) is 0 Å². The van der Waals surface area contributed by atoms with Crippen LogP contribution in [0.5, 0.6) is 0 Å². The number of thioether (sulfide) groups is 1. The third-order valence-electron chi connectivity index (χ3n) is 2.37. The van der Waals surface area contributed by atoms with Crippen molar-refractivity contribution in [2.45, 2.75) is 19.3 Å². The van der Waals surface area contributed by atoms with Crippen LogP contribution in [-0.2, 0) is 0 Å². The highest BCUT2D eigenvalue weighted by molar-refractivity contribution is 7.98. The van der Waals surface area contributed by atoms with Crippen LogP contribution in [0.4, 0.5) is 0 Å². The first-order valence-corrected chi connectivity index (χ1v) is 8.50. The van der Waals surface area contributed by atoms with Crippen LogP contribution in [-0.4, -0.2) is 36.2 Å². The zero-order valence-electron chi connectivity index (χ0n) is 11.1. The Morgan fingerprint density at radius 1 is 1.53 bits per heavy atom. The van der Waals surface area contributed by atoms with Gasteiger partial charge in [0.15, 0.2) is 0 Å². The molecule has 0 radical (unpaired) electrons. The standard InChI is InChI=1S/C14H19NO2S2/c1-18-9-5-3-7-15-14(17)12-10-13(19-11-12)6-2-4-8-16/h10-11,16H,3-5,7-9H2,1H3,(H,15,17). The number of aliphatic hydroxyl groups is 1. The van der Waals surface area contributed by atoms with Crippen LogP contribution in [0.2, 0.25) is 0 Å². The highest BCUT2D eigenvalue weighted by Gasteiger charge is 2.06. The fraction of sp³-hybridized carbons (Fsp3) is 0.500. The summed E-state index contributed by atoms with van der Waals surface area (Å²) in [5.41, 5.74) is 0.670. The summed E-state index contributed by atoms with van der Waals surface area (Å²) in [5.74, 6) is 6.88. The largest absolute Gasteiger partial charge is 0.395 e. The fourth-order valence-corrected chi connectivity index (χ4v) is 2.65. The van der Waals surface area contributed by atoms with Crippen LogP contribution >= 0.6 is 23.1 Å². The smallest absolute Gasteiger partial charge is 0.252 e. The van der Waals surface area contributed by atoms with E-state index >= 15 is 0 Å². The molecular formula is C14H19NO2S2. The number of nitrogens with one attached hydrogen (secondary N) is 1. The second-order valence-electron chi connectivity index (χ2n) is 3.93. The summed E-state index contributed by atoms with van der Waals surface area (Å²) in [4.78, 5) is 12.7. The molecule has 3 nitrogen and oxygen atoms in total. The highest BCUT2D eigenvalue weighted by atomic mass is 32.2. The van der Waals surface area contributed by atoms with Gasteiger partial charge in [-0.1, -0.05) is 11.8 Å². The Morgan fingerprint density at radius 2 is 2.37 bits per heavy atom. The van der Waals surface area contributed by atoms with Crippen molar-refractivity contribution >= 4 is 29.0 Å². The predicted molar refractivity (Wildman–Crippen MR) is 82.8 cm³/mol. The Hall–Kier alpha value is -0.960. The first kappa shape index (κ1) is 16.1. The van der Waals surface area contributed by atoms with Gasteiger partial charge in [0.25, 0.3) is 5.91 Å². The summed E-state index contributed by atoms with van der Waals surface area (Å²) in [6.45, 7) is 0.794. The molecule has 0 aromatic carbocycles. The van der Waals surface area contributed by atoms with Gasteiger partial charge in [-0.2, -0.15) is 11.8 Å². The van der Waals surface area contributed by atoms with E-state index in [9.17, 15) is 4.79 Å². The summed E-state index contributed by atoms with van der Waals surface area (Å²) in [6, 6.07) is 1.80. The molecule has 0 spiro atoms. The van der Waals surface area contributed by atoms with Gasteiger partial charge in [0.1, 0.15) is 0 Å². The maximum Gasteiger partial charge on any atom is 0.252 e. The quantitative estimate of drug-likeness (QED) is 0.600. The number of thiophene rings is 1. The average Bonchev–Trinajstić information content (AvgIpc) is 2.87. The topological polar surface area (TPSA) is 49.3 Å². The van der Waals surface area contributed by atoms with Crippen LogP contribution in [0, 0.1) is 11.8 Å². The molecule has 0 aliphatic carbocycles. The number of hydrogen-bond donors (Lipinski definition) is 2. The molecule has 0 bridgehead atoms. The van der Waals surface area contributed by atoms with E-state index in [0.717, 1.165) is 30.0 Å². The molecule has 0 atom stereocenters. The van der Waals surface area contributed by atoms with Gasteiger partial charge in [-0.05, 0) is 30.9 Å². The molecule has 0 aliphatic rings. The minimum atomic E-state index is -0.0318. The average molecular weight is 297 g/mol. The SMILES string of the molecule is CSCCCCNC(=O)c1csc(C#CCCO)c1. The molecule has 19 heavy (non-hydrogen) atoms. The molecule has 1 amide bonds. The van der Waals surface area contributed by atoms with Gasteiger partial charge in [0.2, 0.25) is 0 Å². The second kappa shape index (κ2) is 9.90. The van der Waals surface area contributed by atoms with Crippen LogP contribution in [0.3, 0.4) is 0 Å². The van der Waals surface area contributed by atoms with E-state index < -0.39 is 0 Å². The Bertz CT molecular complexity index is 446. The van der Waals surface area contributed by atoms with Gasteiger partial charge in [0, 0.05) is 18.3 Å². The van der Waals surface area contributed by atoms with Crippen LogP contribution in [0.1, 0.15) is 34.5 Å². The van der Waals surface area contributed by atoms with Gasteiger partial charge in [0.05, 0.1) is 17.0 Å². The second-order valence-corrected chi connectivity index (χ2v) is 5.83. The van der Waals surface area contributed by atoms with E-state index in [1.165, 1.54) is 11.3 Å². The molecule has 1 heterocycles. The zero-order valence-corrected chi connectivity index (χ0v) is 12.7. The predicted octanol–water partition coefficient (Wildman–Crippen LogP) is 2.36. The zero-order chi connectivity index (χ0) is 13.9. The van der Waals surface area contributed by atoms with Gasteiger partial charge in [-0.25, -0.2) is 0 Å². The molecule has 1 aromatic rings. The minimum absolute atomic E-state index is 0.0318. The molecule has 0 fully saturated rings. The Labute approximate surface area is 122 Å². The van der Waals surface area contributed by atoms with E-state index in [-0.39, 0.29) is 12.5 Å². The Kier molecular flexibility index (Phi) is 8.39. The van der Waals surface area contributed by atoms with Gasteiger partial charge < -0.3 is 10.4 Å². The summed E-state index contributed by atoms with van der Waals surface area (Å²) >= 11 is 3.28. The Balaban J connectivity index is 2.35. The van der Waals surface area contributed by atoms with Crippen molar-refractivity contribution in [2.75, 3.05) is 25.2 Å². The van der Waals surface area contributed by atoms with Crippen molar-refractivity contribution in [1.29, 1.82) is 0 Å². The lowest BCUT2D eigenvalue weighted by Gasteiger charge is -2.02. The normalized spacial score (nSPS) is 9.79. The molecule has 5 heteroatoms.